The van der Waals surface area contributed by atoms with Crippen LogP contribution in [0, 0.1) is 0 Å². The molecule has 0 unspecified atom stereocenters. The summed E-state index contributed by atoms with van der Waals surface area (Å²) >= 11 is 2.83. The van der Waals surface area contributed by atoms with Gasteiger partial charge < -0.3 is 9.32 Å². The van der Waals surface area contributed by atoms with Crippen LogP contribution in [0.4, 0.5) is 0 Å². The number of aromatic nitrogens is 2. The monoisotopic (exact) mass is 269 g/mol. The van der Waals surface area contributed by atoms with Crippen molar-refractivity contribution in [2.24, 2.45) is 0 Å². The Morgan fingerprint density at radius 1 is 1.65 bits per heavy atom. The first-order valence-electron chi connectivity index (χ1n) is 4.91. The van der Waals surface area contributed by atoms with Crippen molar-refractivity contribution in [2.45, 2.75) is 10.9 Å². The number of hydrogen-bond acceptors (Lipinski definition) is 6. The minimum Gasteiger partial charge on any atom is -0.467 e. The first-order chi connectivity index (χ1) is 8.25. The molecule has 5 nitrogen and oxygen atoms in total. The quantitative estimate of drug-likeness (QED) is 0.776. The number of hydrogen-bond donors (Lipinski definition) is 0. The van der Waals surface area contributed by atoms with Crippen molar-refractivity contribution < 1.29 is 9.21 Å². The van der Waals surface area contributed by atoms with Crippen molar-refractivity contribution in [2.75, 3.05) is 12.8 Å². The minimum atomic E-state index is 0.0431. The molecule has 0 aliphatic carbocycles. The molecule has 17 heavy (non-hydrogen) atoms. The van der Waals surface area contributed by atoms with E-state index >= 15 is 0 Å². The van der Waals surface area contributed by atoms with Crippen LogP contribution < -0.4 is 0 Å². The van der Waals surface area contributed by atoms with E-state index in [2.05, 4.69) is 10.2 Å². The lowest BCUT2D eigenvalue weighted by Crippen LogP contribution is -2.27. The van der Waals surface area contributed by atoms with Crippen molar-refractivity contribution in [1.29, 1.82) is 0 Å². The highest BCUT2D eigenvalue weighted by molar-refractivity contribution is 8.01. The summed E-state index contributed by atoms with van der Waals surface area (Å²) in [4.78, 5) is 13.4. The third-order valence-corrected chi connectivity index (χ3v) is 3.90. The van der Waals surface area contributed by atoms with E-state index in [1.54, 1.807) is 23.7 Å². The van der Waals surface area contributed by atoms with E-state index in [9.17, 15) is 4.79 Å². The highest BCUT2D eigenvalue weighted by Gasteiger charge is 2.11. The third-order valence-electron chi connectivity index (χ3n) is 2.06. The van der Waals surface area contributed by atoms with Crippen molar-refractivity contribution >= 4 is 29.0 Å². The maximum absolute atomic E-state index is 11.8. The lowest BCUT2D eigenvalue weighted by Gasteiger charge is -2.14. The van der Waals surface area contributed by atoms with E-state index in [0.717, 1.165) is 10.1 Å². The zero-order valence-electron chi connectivity index (χ0n) is 9.20. The first-order valence-corrected chi connectivity index (χ1v) is 6.77. The molecule has 0 aromatic carbocycles. The van der Waals surface area contributed by atoms with Gasteiger partial charge in [0.2, 0.25) is 5.91 Å². The van der Waals surface area contributed by atoms with Crippen LogP contribution in [0.3, 0.4) is 0 Å². The van der Waals surface area contributed by atoms with Gasteiger partial charge in [0.1, 0.15) is 11.3 Å². The highest BCUT2D eigenvalue weighted by atomic mass is 32.2. The van der Waals surface area contributed by atoms with Crippen molar-refractivity contribution in [3.05, 3.63) is 29.7 Å². The molecule has 0 spiro atoms. The molecule has 90 valence electrons. The second kappa shape index (κ2) is 5.83. The Kier molecular flexibility index (Phi) is 4.16. The van der Waals surface area contributed by atoms with Crippen LogP contribution in [0.2, 0.25) is 0 Å². The van der Waals surface area contributed by atoms with Crippen molar-refractivity contribution in [1.82, 2.24) is 15.1 Å². The summed E-state index contributed by atoms with van der Waals surface area (Å²) in [5.41, 5.74) is 1.65. The van der Waals surface area contributed by atoms with Crippen LogP contribution in [0.25, 0.3) is 0 Å². The van der Waals surface area contributed by atoms with E-state index in [-0.39, 0.29) is 5.91 Å². The largest absolute Gasteiger partial charge is 0.467 e. The molecule has 0 radical (unpaired) electrons. The zero-order valence-corrected chi connectivity index (χ0v) is 10.8. The molecule has 2 heterocycles. The smallest absolute Gasteiger partial charge is 0.233 e. The van der Waals surface area contributed by atoms with Crippen LogP contribution in [0.15, 0.2) is 32.7 Å². The Morgan fingerprint density at radius 3 is 3.18 bits per heavy atom. The topological polar surface area (TPSA) is 59.2 Å². The molecule has 0 aliphatic rings. The van der Waals surface area contributed by atoms with Gasteiger partial charge in [-0.1, -0.05) is 23.1 Å². The molecule has 0 atom stereocenters. The number of furan rings is 1. The lowest BCUT2D eigenvalue weighted by atomic mass is 10.4. The van der Waals surface area contributed by atoms with Crippen LogP contribution >= 0.6 is 23.1 Å². The fourth-order valence-electron chi connectivity index (χ4n) is 1.18. The standard InChI is InChI=1S/C10H11N3O2S2/c1-13(5-8-3-2-4-15-8)9(14)6-16-10-12-11-7-17-10/h2-4,7H,5-6H2,1H3. The predicted octanol–water partition coefficient (Wildman–Crippen LogP) is 1.88. The Labute approximate surface area is 107 Å². The number of carbonyl (C=O) groups is 1. The molecule has 2 rings (SSSR count). The Bertz CT molecular complexity index is 456. The number of rotatable bonds is 5. The number of carbonyl (C=O) groups excluding carboxylic acids is 1. The van der Waals surface area contributed by atoms with E-state index in [4.69, 9.17) is 4.42 Å². The van der Waals surface area contributed by atoms with Crippen LogP contribution in [-0.2, 0) is 11.3 Å². The van der Waals surface area contributed by atoms with E-state index in [1.165, 1.54) is 23.1 Å². The summed E-state index contributed by atoms with van der Waals surface area (Å²) in [7, 11) is 1.76. The van der Waals surface area contributed by atoms with Crippen LogP contribution in [0.1, 0.15) is 5.76 Å². The maximum Gasteiger partial charge on any atom is 0.233 e. The van der Waals surface area contributed by atoms with Crippen LogP contribution in [0.5, 0.6) is 0 Å². The van der Waals surface area contributed by atoms with Gasteiger partial charge >= 0.3 is 0 Å². The molecule has 0 fully saturated rings. The van der Waals surface area contributed by atoms with Gasteiger partial charge in [-0.05, 0) is 12.1 Å². The SMILES string of the molecule is CN(Cc1ccco1)C(=O)CSc1nncs1. The second-order valence-corrected chi connectivity index (χ2v) is 5.38. The van der Waals surface area contributed by atoms with Gasteiger partial charge in [-0.2, -0.15) is 0 Å². The number of amides is 1. The fraction of sp³-hybridized carbons (Fsp3) is 0.300. The molecule has 2 aromatic heterocycles. The summed E-state index contributed by atoms with van der Waals surface area (Å²) in [5, 5.41) is 7.58. The Morgan fingerprint density at radius 2 is 2.53 bits per heavy atom. The minimum absolute atomic E-state index is 0.0431. The Balaban J connectivity index is 1.79. The van der Waals surface area contributed by atoms with E-state index in [1.807, 2.05) is 12.1 Å². The number of thioether (sulfide) groups is 1. The zero-order chi connectivity index (χ0) is 12.1. The van der Waals surface area contributed by atoms with Gasteiger partial charge in [0, 0.05) is 7.05 Å². The average Bonchev–Trinajstić information content (AvgIpc) is 2.98. The molecule has 1 amide bonds. The van der Waals surface area contributed by atoms with Gasteiger partial charge in [-0.3, -0.25) is 4.79 Å². The summed E-state index contributed by atoms with van der Waals surface area (Å²) in [6, 6.07) is 3.66. The molecule has 2 aromatic rings. The molecule has 0 aliphatic heterocycles. The van der Waals surface area contributed by atoms with E-state index < -0.39 is 0 Å². The maximum atomic E-state index is 11.8. The fourth-order valence-corrected chi connectivity index (χ4v) is 2.61. The molecular formula is C10H11N3O2S2. The van der Waals surface area contributed by atoms with Gasteiger partial charge in [-0.15, -0.1) is 10.2 Å². The summed E-state index contributed by atoms with van der Waals surface area (Å²) in [6.07, 6.45) is 1.60. The number of nitrogens with zero attached hydrogens (tertiary/aromatic N) is 3. The lowest BCUT2D eigenvalue weighted by molar-refractivity contribution is -0.127. The van der Waals surface area contributed by atoms with Crippen LogP contribution in [-0.4, -0.2) is 33.8 Å². The predicted molar refractivity (Wildman–Crippen MR) is 65.8 cm³/mol. The Hall–Kier alpha value is -1.34. The third kappa shape index (κ3) is 3.57. The summed E-state index contributed by atoms with van der Waals surface area (Å²) in [6.45, 7) is 0.489. The second-order valence-electron chi connectivity index (χ2n) is 3.32. The van der Waals surface area contributed by atoms with Crippen molar-refractivity contribution in [3.63, 3.8) is 0 Å². The molecule has 0 bridgehead atoms. The first kappa shape index (κ1) is 12.1. The molecule has 0 N–H and O–H groups in total. The summed E-state index contributed by atoms with van der Waals surface area (Å²) in [5.74, 6) is 1.19. The van der Waals surface area contributed by atoms with Crippen molar-refractivity contribution in [3.8, 4) is 0 Å². The molecule has 0 saturated heterocycles. The molecule has 0 saturated carbocycles. The van der Waals surface area contributed by atoms with E-state index in [0.29, 0.717) is 12.3 Å². The molecular weight excluding hydrogens is 258 g/mol. The van der Waals surface area contributed by atoms with Gasteiger partial charge in [0.25, 0.3) is 0 Å². The normalized spacial score (nSPS) is 10.4. The van der Waals surface area contributed by atoms with Gasteiger partial charge in [0.15, 0.2) is 4.34 Å². The highest BCUT2D eigenvalue weighted by Crippen LogP contribution is 2.19. The molecule has 7 heteroatoms. The average molecular weight is 269 g/mol. The summed E-state index contributed by atoms with van der Waals surface area (Å²) < 4.78 is 5.99. The van der Waals surface area contributed by atoms with Gasteiger partial charge in [0.05, 0.1) is 18.6 Å². The van der Waals surface area contributed by atoms with Gasteiger partial charge in [-0.25, -0.2) is 0 Å².